The zero-order valence-corrected chi connectivity index (χ0v) is 10.8. The van der Waals surface area contributed by atoms with E-state index in [1.54, 1.807) is 30.3 Å². The summed E-state index contributed by atoms with van der Waals surface area (Å²) in [6.07, 6.45) is -5.07. The van der Waals surface area contributed by atoms with Crippen LogP contribution in [0.2, 0.25) is 0 Å². The van der Waals surface area contributed by atoms with Gasteiger partial charge in [0.15, 0.2) is 0 Å². The number of halogens is 4. The molecule has 0 spiro atoms. The van der Waals surface area contributed by atoms with E-state index in [-0.39, 0.29) is 6.61 Å². The maximum Gasteiger partial charge on any atom is 0.443 e. The van der Waals surface area contributed by atoms with Crippen molar-refractivity contribution < 1.29 is 27.4 Å². The number of carbonyl (C=O) groups is 1. The molecule has 0 aliphatic rings. The van der Waals surface area contributed by atoms with Gasteiger partial charge in [-0.25, -0.2) is 4.79 Å². The lowest BCUT2D eigenvalue weighted by Gasteiger charge is -2.27. The van der Waals surface area contributed by atoms with Crippen LogP contribution >= 0.6 is 11.6 Å². The predicted molar refractivity (Wildman–Crippen MR) is 62.5 cm³/mol. The van der Waals surface area contributed by atoms with Gasteiger partial charge in [-0.1, -0.05) is 41.9 Å². The minimum atomic E-state index is -5.07. The second-order valence-corrected chi connectivity index (χ2v) is 4.12. The summed E-state index contributed by atoms with van der Waals surface area (Å²) in [6.45, 7) is 0.698. The van der Waals surface area contributed by atoms with E-state index >= 15 is 0 Å². The van der Waals surface area contributed by atoms with Crippen LogP contribution in [0.15, 0.2) is 30.3 Å². The molecule has 0 bridgehead atoms. The van der Waals surface area contributed by atoms with Crippen molar-refractivity contribution in [1.82, 2.24) is 0 Å². The Morgan fingerprint density at radius 1 is 1.26 bits per heavy atom. The third kappa shape index (κ3) is 3.84. The largest absolute Gasteiger partial charge is 0.463 e. The van der Waals surface area contributed by atoms with Crippen molar-refractivity contribution in [3.63, 3.8) is 0 Å². The molecule has 1 aromatic carbocycles. The zero-order chi connectivity index (χ0) is 14.5. The van der Waals surface area contributed by atoms with Gasteiger partial charge in [0.2, 0.25) is 0 Å². The van der Waals surface area contributed by atoms with E-state index in [0.717, 1.165) is 0 Å². The van der Waals surface area contributed by atoms with Crippen molar-refractivity contribution in [3.05, 3.63) is 35.9 Å². The van der Waals surface area contributed by atoms with Gasteiger partial charge < -0.3 is 9.47 Å². The molecule has 1 unspecified atom stereocenters. The minimum absolute atomic E-state index is 0.224. The predicted octanol–water partition coefficient (Wildman–Crippen LogP) is 3.26. The van der Waals surface area contributed by atoms with Crippen LogP contribution in [0.5, 0.6) is 0 Å². The van der Waals surface area contributed by atoms with E-state index in [1.165, 1.54) is 6.92 Å². The normalized spacial score (nSPS) is 14.8. The highest BCUT2D eigenvalue weighted by atomic mass is 35.5. The van der Waals surface area contributed by atoms with Gasteiger partial charge in [-0.3, -0.25) is 0 Å². The molecule has 19 heavy (non-hydrogen) atoms. The van der Waals surface area contributed by atoms with Crippen LogP contribution in [-0.2, 0) is 20.9 Å². The highest BCUT2D eigenvalue weighted by Crippen LogP contribution is 2.39. The van der Waals surface area contributed by atoms with Gasteiger partial charge in [-0.15, -0.1) is 0 Å². The second kappa shape index (κ2) is 6.25. The molecule has 0 N–H and O–H groups in total. The first-order valence-corrected chi connectivity index (χ1v) is 5.79. The van der Waals surface area contributed by atoms with Crippen molar-refractivity contribution in [1.29, 1.82) is 0 Å². The number of carbonyl (C=O) groups excluding carboxylic acids is 1. The highest BCUT2D eigenvalue weighted by molar-refractivity contribution is 6.33. The van der Waals surface area contributed by atoms with Gasteiger partial charge in [0.1, 0.15) is 0 Å². The fourth-order valence-corrected chi connectivity index (χ4v) is 1.35. The molecule has 1 atom stereocenters. The molecule has 0 aliphatic carbocycles. The van der Waals surface area contributed by atoms with E-state index in [1.807, 2.05) is 0 Å². The summed E-state index contributed by atoms with van der Waals surface area (Å²) in [7, 11) is 0. The SMILES string of the molecule is CCOC(=O)C(Cl)(OCc1ccccc1)C(F)(F)F. The fourth-order valence-electron chi connectivity index (χ4n) is 1.24. The first-order valence-electron chi connectivity index (χ1n) is 5.42. The van der Waals surface area contributed by atoms with Crippen LogP contribution < -0.4 is 0 Å². The molecule has 1 aromatic rings. The number of benzene rings is 1. The molecule has 0 aliphatic heterocycles. The molecule has 0 radical (unpaired) electrons. The number of alkyl halides is 4. The Morgan fingerprint density at radius 2 is 1.84 bits per heavy atom. The molecular weight excluding hydrogens is 285 g/mol. The lowest BCUT2D eigenvalue weighted by molar-refractivity contribution is -0.250. The molecule has 106 valence electrons. The van der Waals surface area contributed by atoms with Gasteiger partial charge >= 0.3 is 17.2 Å². The van der Waals surface area contributed by atoms with Crippen LogP contribution in [0, 0.1) is 0 Å². The second-order valence-electron chi connectivity index (χ2n) is 3.59. The smallest absolute Gasteiger partial charge is 0.443 e. The van der Waals surface area contributed by atoms with Gasteiger partial charge in [-0.05, 0) is 12.5 Å². The molecule has 1 rings (SSSR count). The Balaban J connectivity index is 2.84. The molecule has 0 aromatic heterocycles. The number of ether oxygens (including phenoxy) is 2. The van der Waals surface area contributed by atoms with Gasteiger partial charge in [0.05, 0.1) is 13.2 Å². The number of hydrogen-bond acceptors (Lipinski definition) is 3. The van der Waals surface area contributed by atoms with E-state index in [2.05, 4.69) is 9.47 Å². The first-order chi connectivity index (χ1) is 8.81. The Morgan fingerprint density at radius 3 is 2.32 bits per heavy atom. The maximum absolute atomic E-state index is 12.8. The number of esters is 1. The quantitative estimate of drug-likeness (QED) is 0.618. The van der Waals surface area contributed by atoms with E-state index in [0.29, 0.717) is 5.56 Å². The highest BCUT2D eigenvalue weighted by Gasteiger charge is 2.62. The van der Waals surface area contributed by atoms with Crippen molar-refractivity contribution in [2.75, 3.05) is 6.61 Å². The van der Waals surface area contributed by atoms with Gasteiger partial charge in [-0.2, -0.15) is 13.2 Å². The average Bonchev–Trinajstić information content (AvgIpc) is 2.36. The summed E-state index contributed by atoms with van der Waals surface area (Å²) in [6, 6.07) is 8.07. The molecule has 0 saturated heterocycles. The Hall–Kier alpha value is -1.27. The van der Waals surface area contributed by atoms with Crippen molar-refractivity contribution in [2.24, 2.45) is 0 Å². The molecule has 0 fully saturated rings. The first kappa shape index (κ1) is 15.8. The molecular formula is C12H12ClF3O3. The summed E-state index contributed by atoms with van der Waals surface area (Å²) in [5.74, 6) is -1.67. The lowest BCUT2D eigenvalue weighted by atomic mass is 10.2. The number of hydrogen-bond donors (Lipinski definition) is 0. The summed E-state index contributed by atoms with van der Waals surface area (Å²) in [4.78, 5) is 11.3. The molecule has 0 saturated carbocycles. The summed E-state index contributed by atoms with van der Waals surface area (Å²) < 4.78 is 47.3. The Kier molecular flexibility index (Phi) is 5.20. The minimum Gasteiger partial charge on any atom is -0.463 e. The monoisotopic (exact) mass is 296 g/mol. The van der Waals surface area contributed by atoms with Crippen LogP contribution in [-0.4, -0.2) is 23.8 Å². The zero-order valence-electron chi connectivity index (χ0n) is 10.0. The topological polar surface area (TPSA) is 35.5 Å². The molecule has 0 heterocycles. The Bertz CT molecular complexity index is 422. The maximum atomic E-state index is 12.8. The summed E-state index contributed by atoms with van der Waals surface area (Å²) in [5.41, 5.74) is 0.459. The van der Waals surface area contributed by atoms with Gasteiger partial charge in [0, 0.05) is 0 Å². The summed E-state index contributed by atoms with van der Waals surface area (Å²) >= 11 is 5.27. The van der Waals surface area contributed by atoms with Crippen LogP contribution in [0.25, 0.3) is 0 Å². The molecule has 7 heteroatoms. The van der Waals surface area contributed by atoms with E-state index < -0.39 is 23.8 Å². The van der Waals surface area contributed by atoms with Crippen LogP contribution in [0.4, 0.5) is 13.2 Å². The van der Waals surface area contributed by atoms with Crippen molar-refractivity contribution >= 4 is 17.6 Å². The third-order valence-electron chi connectivity index (χ3n) is 2.18. The van der Waals surface area contributed by atoms with E-state index in [9.17, 15) is 18.0 Å². The van der Waals surface area contributed by atoms with Crippen molar-refractivity contribution in [2.45, 2.75) is 24.8 Å². The standard InChI is InChI=1S/C12H12ClF3O3/c1-2-18-10(17)11(13,12(14,15)16)19-8-9-6-4-3-5-7-9/h3-7H,2,8H2,1H3. The Labute approximate surface area is 113 Å². The van der Waals surface area contributed by atoms with Crippen LogP contribution in [0.1, 0.15) is 12.5 Å². The average molecular weight is 297 g/mol. The lowest BCUT2D eigenvalue weighted by Crippen LogP contribution is -2.50. The van der Waals surface area contributed by atoms with E-state index in [4.69, 9.17) is 11.6 Å². The van der Waals surface area contributed by atoms with Gasteiger partial charge in [0.25, 0.3) is 0 Å². The third-order valence-corrected chi connectivity index (χ3v) is 2.66. The summed E-state index contributed by atoms with van der Waals surface area (Å²) in [5, 5.41) is -3.49. The van der Waals surface area contributed by atoms with Crippen molar-refractivity contribution in [3.8, 4) is 0 Å². The molecule has 0 amide bonds. The number of rotatable bonds is 5. The van der Waals surface area contributed by atoms with Crippen LogP contribution in [0.3, 0.4) is 0 Å². The molecule has 3 nitrogen and oxygen atoms in total. The fraction of sp³-hybridized carbons (Fsp3) is 0.417.